The molecule has 2 heterocycles. The van der Waals surface area contributed by atoms with Crippen LogP contribution >= 0.6 is 0 Å². The molecule has 0 bridgehead atoms. The summed E-state index contributed by atoms with van der Waals surface area (Å²) in [6.07, 6.45) is 2.27. The number of nitrogens with zero attached hydrogens (tertiary/aromatic N) is 2. The van der Waals surface area contributed by atoms with Gasteiger partial charge in [0.1, 0.15) is 5.65 Å². The van der Waals surface area contributed by atoms with Gasteiger partial charge >= 0.3 is 0 Å². The molecule has 0 saturated carbocycles. The first kappa shape index (κ1) is 22.1. The molecule has 0 saturated heterocycles. The summed E-state index contributed by atoms with van der Waals surface area (Å²) < 4.78 is 2.33. The molecule has 0 N–H and O–H groups in total. The van der Waals surface area contributed by atoms with E-state index in [0.29, 0.717) is 11.8 Å². The lowest BCUT2D eigenvalue weighted by molar-refractivity contribution is 0.837. The Hall–Kier alpha value is -4.17. The lowest BCUT2D eigenvalue weighted by atomic mass is 9.87. The highest BCUT2D eigenvalue weighted by atomic mass is 15.0. The van der Waals surface area contributed by atoms with Crippen LogP contribution in [0, 0.1) is 0 Å². The molecule has 7 rings (SSSR count). The number of hydrogen-bond donors (Lipinski definition) is 0. The first-order valence-electron chi connectivity index (χ1n) is 13.3. The van der Waals surface area contributed by atoms with Gasteiger partial charge in [0.05, 0.1) is 11.2 Å². The van der Waals surface area contributed by atoms with Gasteiger partial charge in [-0.25, -0.2) is 4.98 Å². The molecule has 2 aromatic heterocycles. The molecular weight excluding hydrogens is 448 g/mol. The number of benzene rings is 5. The minimum atomic E-state index is 0.419. The lowest BCUT2D eigenvalue weighted by Gasteiger charge is -2.18. The fraction of sp³-hybridized carbons (Fsp3) is 0.171. The number of aromatic nitrogens is 2. The Balaban J connectivity index is 1.65. The van der Waals surface area contributed by atoms with Gasteiger partial charge in [-0.2, -0.15) is 0 Å². The number of fused-ring (bicyclic) bond motifs is 9. The lowest BCUT2D eigenvalue weighted by Crippen LogP contribution is -1.99. The number of hydrogen-bond acceptors (Lipinski definition) is 1. The summed E-state index contributed by atoms with van der Waals surface area (Å²) in [7, 11) is 0. The third-order valence-corrected chi connectivity index (χ3v) is 7.91. The number of imidazole rings is 1. The molecule has 180 valence electrons. The monoisotopic (exact) mass is 478 g/mol. The second-order valence-electron chi connectivity index (χ2n) is 10.9. The van der Waals surface area contributed by atoms with E-state index in [1.54, 1.807) is 0 Å². The van der Waals surface area contributed by atoms with Crippen molar-refractivity contribution in [3.63, 3.8) is 0 Å². The molecule has 0 amide bonds. The van der Waals surface area contributed by atoms with Crippen LogP contribution in [0.1, 0.15) is 50.7 Å². The molecule has 0 atom stereocenters. The van der Waals surface area contributed by atoms with Crippen LogP contribution in [0.2, 0.25) is 0 Å². The van der Waals surface area contributed by atoms with E-state index in [-0.39, 0.29) is 0 Å². The molecule has 37 heavy (non-hydrogen) atoms. The van der Waals surface area contributed by atoms with Crippen LogP contribution in [0.3, 0.4) is 0 Å². The smallest absolute Gasteiger partial charge is 0.145 e. The molecule has 7 aromatic rings. The molecule has 0 spiro atoms. The Bertz CT molecular complexity index is 1960. The van der Waals surface area contributed by atoms with Crippen molar-refractivity contribution < 1.29 is 0 Å². The predicted molar refractivity (Wildman–Crippen MR) is 159 cm³/mol. The van der Waals surface area contributed by atoms with E-state index in [9.17, 15) is 0 Å². The van der Waals surface area contributed by atoms with Gasteiger partial charge in [-0.1, -0.05) is 107 Å². The highest BCUT2D eigenvalue weighted by molar-refractivity contribution is 6.18. The van der Waals surface area contributed by atoms with Gasteiger partial charge in [-0.3, -0.25) is 4.40 Å². The van der Waals surface area contributed by atoms with Crippen molar-refractivity contribution >= 4 is 48.9 Å². The number of pyridine rings is 1. The van der Waals surface area contributed by atoms with Crippen LogP contribution < -0.4 is 0 Å². The van der Waals surface area contributed by atoms with Crippen LogP contribution in [-0.2, 0) is 0 Å². The quantitative estimate of drug-likeness (QED) is 0.182. The van der Waals surface area contributed by atoms with Crippen LogP contribution in [0.15, 0.2) is 97.2 Å². The van der Waals surface area contributed by atoms with Crippen LogP contribution in [0.5, 0.6) is 0 Å². The van der Waals surface area contributed by atoms with Crippen LogP contribution in [0.25, 0.3) is 60.1 Å². The van der Waals surface area contributed by atoms with E-state index in [1.165, 1.54) is 59.9 Å². The molecular formula is C35H30N2. The largest absolute Gasteiger partial charge is 0.298 e. The van der Waals surface area contributed by atoms with Gasteiger partial charge in [0.2, 0.25) is 0 Å². The normalized spacial score (nSPS) is 12.3. The molecule has 0 aliphatic carbocycles. The minimum Gasteiger partial charge on any atom is -0.298 e. The Kier molecular flexibility index (Phi) is 4.87. The van der Waals surface area contributed by atoms with Crippen molar-refractivity contribution in [2.24, 2.45) is 0 Å². The molecule has 0 unspecified atom stereocenters. The van der Waals surface area contributed by atoms with Crippen LogP contribution in [0.4, 0.5) is 0 Å². The Labute approximate surface area is 217 Å². The Morgan fingerprint density at radius 2 is 1.22 bits per heavy atom. The zero-order valence-corrected chi connectivity index (χ0v) is 21.8. The maximum atomic E-state index is 5.35. The van der Waals surface area contributed by atoms with Gasteiger partial charge in [0.25, 0.3) is 0 Å². The summed E-state index contributed by atoms with van der Waals surface area (Å²) in [5.74, 6) is 0.838. The molecule has 2 nitrogen and oxygen atoms in total. The van der Waals surface area contributed by atoms with E-state index in [4.69, 9.17) is 4.98 Å². The number of rotatable bonds is 3. The topological polar surface area (TPSA) is 17.3 Å². The van der Waals surface area contributed by atoms with Crippen molar-refractivity contribution in [2.75, 3.05) is 0 Å². The molecule has 0 fully saturated rings. The third kappa shape index (κ3) is 3.29. The average Bonchev–Trinajstić information content (AvgIpc) is 3.37. The van der Waals surface area contributed by atoms with E-state index in [2.05, 4.69) is 129 Å². The standard InChI is InChI=1S/C35H30N2/c1-21(2)25-14-9-15-26(22(3)4)34(25)32-20-37-33-19-30-24(17-16-23-10-5-6-11-27(23)30)18-31(33)28-12-7-8-13-29(28)35(37)36-32/h5-22H,1-4H3. The first-order chi connectivity index (χ1) is 18.0. The second kappa shape index (κ2) is 8.18. The van der Waals surface area contributed by atoms with Crippen molar-refractivity contribution in [1.29, 1.82) is 0 Å². The molecule has 0 aliphatic rings. The van der Waals surface area contributed by atoms with Gasteiger partial charge < -0.3 is 0 Å². The first-order valence-corrected chi connectivity index (χ1v) is 13.3. The van der Waals surface area contributed by atoms with E-state index >= 15 is 0 Å². The highest BCUT2D eigenvalue weighted by Gasteiger charge is 2.20. The fourth-order valence-corrected chi connectivity index (χ4v) is 6.09. The molecule has 0 aliphatic heterocycles. The summed E-state index contributed by atoms with van der Waals surface area (Å²) >= 11 is 0. The highest BCUT2D eigenvalue weighted by Crippen LogP contribution is 2.39. The summed E-state index contributed by atoms with van der Waals surface area (Å²) in [4.78, 5) is 5.35. The predicted octanol–water partition coefficient (Wildman–Crippen LogP) is 9.86. The zero-order valence-electron chi connectivity index (χ0n) is 21.8. The zero-order chi connectivity index (χ0) is 25.3. The van der Waals surface area contributed by atoms with Crippen molar-refractivity contribution in [1.82, 2.24) is 9.38 Å². The van der Waals surface area contributed by atoms with Gasteiger partial charge in [0.15, 0.2) is 0 Å². The fourth-order valence-electron chi connectivity index (χ4n) is 6.09. The summed E-state index contributed by atoms with van der Waals surface area (Å²) in [5, 5.41) is 8.80. The van der Waals surface area contributed by atoms with Crippen LogP contribution in [-0.4, -0.2) is 9.38 Å². The molecule has 5 aromatic carbocycles. The third-order valence-electron chi connectivity index (χ3n) is 7.91. The van der Waals surface area contributed by atoms with Gasteiger partial charge in [0, 0.05) is 22.5 Å². The Morgan fingerprint density at radius 3 is 1.95 bits per heavy atom. The molecule has 0 radical (unpaired) electrons. The van der Waals surface area contributed by atoms with Gasteiger partial charge in [-0.05, 0) is 62.0 Å². The van der Waals surface area contributed by atoms with E-state index in [1.807, 2.05) is 0 Å². The summed E-state index contributed by atoms with van der Waals surface area (Å²) in [6.45, 7) is 9.11. The van der Waals surface area contributed by atoms with E-state index < -0.39 is 0 Å². The Morgan fingerprint density at radius 1 is 0.568 bits per heavy atom. The van der Waals surface area contributed by atoms with E-state index in [0.717, 1.165) is 11.3 Å². The van der Waals surface area contributed by atoms with Gasteiger partial charge in [-0.15, -0.1) is 0 Å². The van der Waals surface area contributed by atoms with Crippen molar-refractivity contribution in [3.05, 3.63) is 108 Å². The summed E-state index contributed by atoms with van der Waals surface area (Å²) in [6, 6.07) is 33.3. The molecule has 2 heteroatoms. The SMILES string of the molecule is CC(C)c1cccc(C(C)C)c1-c1cn2c3cc4c(ccc5ccccc54)cc3c3ccccc3c2n1. The average molecular weight is 479 g/mol. The van der Waals surface area contributed by atoms with Crippen molar-refractivity contribution in [2.45, 2.75) is 39.5 Å². The van der Waals surface area contributed by atoms with Crippen molar-refractivity contribution in [3.8, 4) is 11.3 Å². The maximum Gasteiger partial charge on any atom is 0.145 e. The maximum absolute atomic E-state index is 5.35. The summed E-state index contributed by atoms with van der Waals surface area (Å²) in [5.41, 5.74) is 7.29. The minimum absolute atomic E-state index is 0.419. The second-order valence-corrected chi connectivity index (χ2v) is 10.9.